The number of hydrogen-bond donors (Lipinski definition) is 3. The number of anilines is 2. The first-order valence-corrected chi connectivity index (χ1v) is 5.07. The molecule has 17 heavy (non-hydrogen) atoms. The lowest BCUT2D eigenvalue weighted by Crippen LogP contribution is -2.18. The summed E-state index contributed by atoms with van der Waals surface area (Å²) in [6.07, 6.45) is 1.61. The van der Waals surface area contributed by atoms with Crippen LogP contribution in [0.4, 0.5) is 11.5 Å². The van der Waals surface area contributed by atoms with Crippen LogP contribution in [-0.2, 0) is 7.05 Å². The number of carbonyl (C=O) groups is 1. The topological polar surface area (TPSA) is 85.0 Å². The molecule has 0 saturated heterocycles. The summed E-state index contributed by atoms with van der Waals surface area (Å²) >= 11 is 0. The Bertz CT molecular complexity index is 534. The van der Waals surface area contributed by atoms with E-state index in [1.54, 1.807) is 48.3 Å². The van der Waals surface area contributed by atoms with Crippen LogP contribution in [-0.4, -0.2) is 15.7 Å². The van der Waals surface area contributed by atoms with Crippen LogP contribution in [0.2, 0.25) is 0 Å². The smallest absolute Gasteiger partial charge is 0.258 e. The number of hydrazine groups is 1. The Morgan fingerprint density at radius 1 is 1.35 bits per heavy atom. The maximum atomic E-state index is 12.0. The van der Waals surface area contributed by atoms with Gasteiger partial charge in [-0.25, -0.2) is 0 Å². The molecule has 0 aliphatic carbocycles. The number of nitrogens with zero attached hydrogens (tertiary/aromatic N) is 2. The molecule has 0 fully saturated rings. The van der Waals surface area contributed by atoms with Crippen LogP contribution in [0.5, 0.6) is 0 Å². The van der Waals surface area contributed by atoms with Crippen LogP contribution in [0.15, 0.2) is 36.5 Å². The molecule has 0 bridgehead atoms. The highest BCUT2D eigenvalue weighted by Crippen LogP contribution is 2.15. The number of nitrogen functional groups attached to an aromatic ring is 1. The molecule has 1 amide bonds. The van der Waals surface area contributed by atoms with Crippen molar-refractivity contribution in [3.8, 4) is 0 Å². The third-order valence-corrected chi connectivity index (χ3v) is 2.39. The van der Waals surface area contributed by atoms with Crippen LogP contribution >= 0.6 is 0 Å². The van der Waals surface area contributed by atoms with Crippen LogP contribution in [0.25, 0.3) is 0 Å². The second-order valence-electron chi connectivity index (χ2n) is 3.48. The number of hydrogen-bond acceptors (Lipinski definition) is 4. The fourth-order valence-corrected chi connectivity index (χ4v) is 1.49. The normalized spacial score (nSPS) is 10.0. The molecule has 2 aromatic rings. The molecule has 0 atom stereocenters. The predicted octanol–water partition coefficient (Wildman–Crippen LogP) is 0.958. The molecule has 1 heterocycles. The van der Waals surface area contributed by atoms with E-state index in [1.807, 2.05) is 0 Å². The van der Waals surface area contributed by atoms with Gasteiger partial charge in [0.15, 0.2) is 0 Å². The van der Waals surface area contributed by atoms with Gasteiger partial charge in [0.1, 0.15) is 5.82 Å². The summed E-state index contributed by atoms with van der Waals surface area (Å²) in [4.78, 5) is 12.0. The van der Waals surface area contributed by atoms with E-state index >= 15 is 0 Å². The molecule has 6 heteroatoms. The van der Waals surface area contributed by atoms with Crippen molar-refractivity contribution in [2.24, 2.45) is 12.9 Å². The lowest BCUT2D eigenvalue weighted by atomic mass is 10.1. The van der Waals surface area contributed by atoms with Crippen molar-refractivity contribution >= 4 is 17.4 Å². The van der Waals surface area contributed by atoms with E-state index < -0.39 is 0 Å². The molecule has 0 aliphatic heterocycles. The highest BCUT2D eigenvalue weighted by Gasteiger charge is 2.11. The molecule has 0 unspecified atom stereocenters. The summed E-state index contributed by atoms with van der Waals surface area (Å²) in [6.45, 7) is 0. The van der Waals surface area contributed by atoms with Crippen molar-refractivity contribution in [2.75, 3.05) is 10.7 Å². The number of benzene rings is 1. The first kappa shape index (κ1) is 11.2. The van der Waals surface area contributed by atoms with Crippen molar-refractivity contribution in [1.82, 2.24) is 9.78 Å². The Balaban J connectivity index is 2.23. The van der Waals surface area contributed by atoms with Crippen molar-refractivity contribution in [1.29, 1.82) is 0 Å². The fraction of sp³-hybridized carbons (Fsp3) is 0.0909. The second kappa shape index (κ2) is 4.67. The number of aromatic nitrogens is 2. The van der Waals surface area contributed by atoms with Gasteiger partial charge in [-0.3, -0.25) is 15.3 Å². The molecular formula is C11H13N5O. The number of aryl methyl sites for hydroxylation is 1. The van der Waals surface area contributed by atoms with Crippen molar-refractivity contribution in [3.63, 3.8) is 0 Å². The van der Waals surface area contributed by atoms with Gasteiger partial charge < -0.3 is 10.7 Å². The Hall–Kier alpha value is -2.34. The first-order valence-electron chi connectivity index (χ1n) is 5.07. The Labute approximate surface area is 98.4 Å². The molecule has 1 aromatic carbocycles. The largest absolute Gasteiger partial charge is 0.323 e. The molecule has 0 radical (unpaired) electrons. The second-order valence-corrected chi connectivity index (χ2v) is 3.48. The van der Waals surface area contributed by atoms with Gasteiger partial charge in [0.05, 0.1) is 17.4 Å². The number of rotatable bonds is 3. The van der Waals surface area contributed by atoms with E-state index in [9.17, 15) is 4.79 Å². The van der Waals surface area contributed by atoms with Gasteiger partial charge in [0, 0.05) is 13.1 Å². The van der Waals surface area contributed by atoms with E-state index in [0.29, 0.717) is 17.1 Å². The van der Waals surface area contributed by atoms with Gasteiger partial charge in [-0.15, -0.1) is 0 Å². The van der Waals surface area contributed by atoms with Gasteiger partial charge in [-0.2, -0.15) is 5.10 Å². The maximum absolute atomic E-state index is 12.0. The SMILES string of the molecule is Cn1nccc1NC(=O)c1ccccc1NN. The van der Waals surface area contributed by atoms with E-state index in [2.05, 4.69) is 15.8 Å². The Morgan fingerprint density at radius 3 is 2.76 bits per heavy atom. The lowest BCUT2D eigenvalue weighted by Gasteiger charge is -2.09. The van der Waals surface area contributed by atoms with E-state index in [-0.39, 0.29) is 5.91 Å². The summed E-state index contributed by atoms with van der Waals surface area (Å²) in [5.41, 5.74) is 3.55. The van der Waals surface area contributed by atoms with Gasteiger partial charge in [-0.05, 0) is 12.1 Å². The minimum absolute atomic E-state index is 0.234. The molecule has 2 rings (SSSR count). The Kier molecular flexibility index (Phi) is 3.06. The van der Waals surface area contributed by atoms with Crippen molar-refractivity contribution < 1.29 is 4.79 Å². The molecule has 0 aliphatic rings. The molecule has 0 saturated carbocycles. The zero-order valence-corrected chi connectivity index (χ0v) is 9.34. The summed E-state index contributed by atoms with van der Waals surface area (Å²) in [5, 5.41) is 6.71. The van der Waals surface area contributed by atoms with Crippen molar-refractivity contribution in [2.45, 2.75) is 0 Å². The molecule has 88 valence electrons. The molecule has 6 nitrogen and oxygen atoms in total. The summed E-state index contributed by atoms with van der Waals surface area (Å²) in [6, 6.07) is 8.73. The average Bonchev–Trinajstić information content (AvgIpc) is 2.75. The van der Waals surface area contributed by atoms with Gasteiger partial charge in [0.2, 0.25) is 0 Å². The average molecular weight is 231 g/mol. The van der Waals surface area contributed by atoms with Crippen LogP contribution in [0, 0.1) is 0 Å². The number of para-hydroxylation sites is 1. The quantitative estimate of drug-likeness (QED) is 0.542. The van der Waals surface area contributed by atoms with E-state index in [4.69, 9.17) is 5.84 Å². The monoisotopic (exact) mass is 231 g/mol. The van der Waals surface area contributed by atoms with Gasteiger partial charge >= 0.3 is 0 Å². The minimum Gasteiger partial charge on any atom is -0.323 e. The zero-order valence-electron chi connectivity index (χ0n) is 9.34. The molecule has 0 spiro atoms. The maximum Gasteiger partial charge on any atom is 0.258 e. The van der Waals surface area contributed by atoms with Gasteiger partial charge in [0.25, 0.3) is 5.91 Å². The summed E-state index contributed by atoms with van der Waals surface area (Å²) in [5.74, 6) is 5.74. The fourth-order valence-electron chi connectivity index (χ4n) is 1.49. The number of carbonyl (C=O) groups excluding carboxylic acids is 1. The minimum atomic E-state index is -0.234. The number of nitrogens with one attached hydrogen (secondary N) is 2. The lowest BCUT2D eigenvalue weighted by molar-refractivity contribution is 0.102. The first-order chi connectivity index (χ1) is 8.22. The van der Waals surface area contributed by atoms with Gasteiger partial charge in [-0.1, -0.05) is 12.1 Å². The predicted molar refractivity (Wildman–Crippen MR) is 65.4 cm³/mol. The Morgan fingerprint density at radius 2 is 2.12 bits per heavy atom. The highest BCUT2D eigenvalue weighted by atomic mass is 16.1. The zero-order chi connectivity index (χ0) is 12.3. The summed E-state index contributed by atoms with van der Waals surface area (Å²) in [7, 11) is 1.75. The summed E-state index contributed by atoms with van der Waals surface area (Å²) < 4.78 is 1.58. The van der Waals surface area contributed by atoms with Crippen LogP contribution in [0.1, 0.15) is 10.4 Å². The number of amides is 1. The molecule has 1 aromatic heterocycles. The molecule has 4 N–H and O–H groups in total. The van der Waals surface area contributed by atoms with E-state index in [1.165, 1.54) is 0 Å². The highest BCUT2D eigenvalue weighted by molar-refractivity contribution is 6.07. The third-order valence-electron chi connectivity index (χ3n) is 2.39. The third kappa shape index (κ3) is 2.26. The van der Waals surface area contributed by atoms with Crippen LogP contribution < -0.4 is 16.6 Å². The van der Waals surface area contributed by atoms with E-state index in [0.717, 1.165) is 0 Å². The van der Waals surface area contributed by atoms with Crippen LogP contribution in [0.3, 0.4) is 0 Å². The molecular weight excluding hydrogens is 218 g/mol. The standard InChI is InChI=1S/C11H13N5O/c1-16-10(6-7-13-16)14-11(17)8-4-2-3-5-9(8)15-12/h2-7,15H,12H2,1H3,(H,14,17). The number of nitrogens with two attached hydrogens (primary N) is 1. The van der Waals surface area contributed by atoms with Crippen molar-refractivity contribution in [3.05, 3.63) is 42.1 Å².